The molecule has 3 rings (SSSR count). The zero-order valence-corrected chi connectivity index (χ0v) is 17.9. The third kappa shape index (κ3) is 5.77. The molecule has 1 N–H and O–H groups in total. The number of rotatable bonds is 7. The summed E-state index contributed by atoms with van der Waals surface area (Å²) in [6, 6.07) is 15.4. The number of alkyl carbamates (subject to hydrolysis) is 1. The molecular weight excluding hydrogens is 396 g/mol. The fourth-order valence-corrected chi connectivity index (χ4v) is 3.69. The van der Waals surface area contributed by atoms with Crippen molar-refractivity contribution >= 4 is 12.1 Å². The number of benzene rings is 2. The van der Waals surface area contributed by atoms with E-state index in [1.54, 1.807) is 20.8 Å². The second-order valence-corrected chi connectivity index (χ2v) is 8.37. The lowest BCUT2D eigenvalue weighted by Crippen LogP contribution is -2.40. The maximum absolute atomic E-state index is 12.4. The minimum Gasteiger partial charge on any atom is -0.460 e. The average Bonchev–Trinajstić information content (AvgIpc) is 3.03. The second kappa shape index (κ2) is 9.53. The van der Waals surface area contributed by atoms with Gasteiger partial charge < -0.3 is 14.8 Å². The molecule has 31 heavy (non-hydrogen) atoms. The predicted molar refractivity (Wildman–Crippen MR) is 116 cm³/mol. The summed E-state index contributed by atoms with van der Waals surface area (Å²) in [5.41, 5.74) is 12.4. The highest BCUT2D eigenvalue weighted by Crippen LogP contribution is 2.44. The standard InChI is InChI=1S/C23H26N4O4/c1-23(2,3)31-21(28)12-15(13-25-27-24)26-22(29)30-14-20-18-10-6-4-8-16(18)17-9-5-7-11-19(17)20/h4-11,15,20H,12-14H2,1-3H3,(H,26,29). The van der Waals surface area contributed by atoms with Gasteiger partial charge in [0, 0.05) is 23.4 Å². The van der Waals surface area contributed by atoms with Crippen molar-refractivity contribution in [3.63, 3.8) is 0 Å². The van der Waals surface area contributed by atoms with E-state index < -0.39 is 23.7 Å². The molecule has 1 atom stereocenters. The van der Waals surface area contributed by atoms with Gasteiger partial charge in [0.25, 0.3) is 0 Å². The van der Waals surface area contributed by atoms with Gasteiger partial charge >= 0.3 is 12.1 Å². The molecule has 162 valence electrons. The SMILES string of the molecule is CC(C)(C)OC(=O)CC(CN=[N+]=[N-])NC(=O)OCC1c2ccccc2-c2ccccc21. The summed E-state index contributed by atoms with van der Waals surface area (Å²) in [5.74, 6) is -0.566. The molecule has 8 heteroatoms. The lowest BCUT2D eigenvalue weighted by atomic mass is 9.98. The van der Waals surface area contributed by atoms with E-state index in [2.05, 4.69) is 27.5 Å². The smallest absolute Gasteiger partial charge is 0.407 e. The van der Waals surface area contributed by atoms with Crippen molar-refractivity contribution < 1.29 is 19.1 Å². The summed E-state index contributed by atoms with van der Waals surface area (Å²) in [4.78, 5) is 27.3. The molecule has 2 aromatic rings. The fraction of sp³-hybridized carbons (Fsp3) is 0.391. The van der Waals surface area contributed by atoms with E-state index in [0.717, 1.165) is 22.3 Å². The molecule has 0 bridgehead atoms. The molecule has 1 aliphatic rings. The van der Waals surface area contributed by atoms with Crippen LogP contribution in [-0.4, -0.2) is 36.9 Å². The first-order valence-corrected chi connectivity index (χ1v) is 10.1. The Labute approximate surface area is 181 Å². The number of amides is 1. The third-order valence-electron chi connectivity index (χ3n) is 4.86. The Kier molecular flexibility index (Phi) is 6.82. The van der Waals surface area contributed by atoms with Crippen LogP contribution in [0, 0.1) is 0 Å². The molecule has 1 amide bonds. The Hall–Kier alpha value is -3.51. The molecule has 0 heterocycles. The molecular formula is C23H26N4O4. The molecule has 0 saturated heterocycles. The van der Waals surface area contributed by atoms with Gasteiger partial charge in [-0.15, -0.1) is 0 Å². The number of azide groups is 1. The van der Waals surface area contributed by atoms with Gasteiger partial charge in [-0.25, -0.2) is 4.79 Å². The number of hydrogen-bond donors (Lipinski definition) is 1. The van der Waals surface area contributed by atoms with Crippen LogP contribution in [0.5, 0.6) is 0 Å². The van der Waals surface area contributed by atoms with Crippen LogP contribution in [-0.2, 0) is 14.3 Å². The summed E-state index contributed by atoms with van der Waals surface area (Å²) in [6.45, 7) is 5.34. The van der Waals surface area contributed by atoms with Gasteiger partial charge in [-0.3, -0.25) is 4.79 Å². The summed E-state index contributed by atoms with van der Waals surface area (Å²) in [5, 5.41) is 6.09. The molecule has 0 fully saturated rings. The van der Waals surface area contributed by atoms with Gasteiger partial charge in [0.05, 0.1) is 6.42 Å². The zero-order chi connectivity index (χ0) is 22.4. The quantitative estimate of drug-likeness (QED) is 0.295. The van der Waals surface area contributed by atoms with E-state index in [4.69, 9.17) is 15.0 Å². The van der Waals surface area contributed by atoms with Crippen LogP contribution in [0.25, 0.3) is 21.6 Å². The lowest BCUT2D eigenvalue weighted by Gasteiger charge is -2.22. The highest BCUT2D eigenvalue weighted by atomic mass is 16.6. The topological polar surface area (TPSA) is 113 Å². The van der Waals surface area contributed by atoms with Crippen molar-refractivity contribution in [3.05, 3.63) is 70.1 Å². The van der Waals surface area contributed by atoms with Crippen LogP contribution in [0.2, 0.25) is 0 Å². The zero-order valence-electron chi connectivity index (χ0n) is 17.9. The molecule has 0 saturated carbocycles. The minimum atomic E-state index is -0.721. The Morgan fingerprint density at radius 2 is 1.68 bits per heavy atom. The van der Waals surface area contributed by atoms with Gasteiger partial charge in [-0.1, -0.05) is 53.6 Å². The van der Waals surface area contributed by atoms with Crippen LogP contribution < -0.4 is 5.32 Å². The van der Waals surface area contributed by atoms with Crippen molar-refractivity contribution in [2.24, 2.45) is 5.11 Å². The second-order valence-electron chi connectivity index (χ2n) is 8.37. The first-order valence-electron chi connectivity index (χ1n) is 10.1. The number of esters is 1. The highest BCUT2D eigenvalue weighted by Gasteiger charge is 2.29. The van der Waals surface area contributed by atoms with E-state index in [1.807, 2.05) is 36.4 Å². The number of hydrogen-bond acceptors (Lipinski definition) is 5. The maximum atomic E-state index is 12.4. The van der Waals surface area contributed by atoms with Crippen LogP contribution >= 0.6 is 0 Å². The molecule has 2 aromatic carbocycles. The van der Waals surface area contributed by atoms with E-state index in [9.17, 15) is 9.59 Å². The van der Waals surface area contributed by atoms with E-state index in [1.165, 1.54) is 0 Å². The molecule has 0 spiro atoms. The first kappa shape index (κ1) is 22.2. The highest BCUT2D eigenvalue weighted by molar-refractivity contribution is 5.79. The number of carbonyl (C=O) groups excluding carboxylic acids is 2. The van der Waals surface area contributed by atoms with Crippen LogP contribution in [0.3, 0.4) is 0 Å². The predicted octanol–water partition coefficient (Wildman–Crippen LogP) is 4.94. The van der Waals surface area contributed by atoms with Gasteiger partial charge in [0.2, 0.25) is 0 Å². The van der Waals surface area contributed by atoms with Crippen molar-refractivity contribution in [2.75, 3.05) is 13.2 Å². The molecule has 8 nitrogen and oxygen atoms in total. The summed E-state index contributed by atoms with van der Waals surface area (Å²) in [7, 11) is 0. The molecule has 0 aromatic heterocycles. The van der Waals surface area contributed by atoms with Crippen molar-refractivity contribution in [1.29, 1.82) is 0 Å². The maximum Gasteiger partial charge on any atom is 0.407 e. The summed E-state index contributed by atoms with van der Waals surface area (Å²) >= 11 is 0. The lowest BCUT2D eigenvalue weighted by molar-refractivity contribution is -0.155. The minimum absolute atomic E-state index is 0.0698. The largest absolute Gasteiger partial charge is 0.460 e. The Morgan fingerprint density at radius 1 is 1.10 bits per heavy atom. The number of nitrogens with one attached hydrogen (secondary N) is 1. The summed E-state index contributed by atoms with van der Waals surface area (Å²) in [6.07, 6.45) is -0.802. The number of fused-ring (bicyclic) bond motifs is 3. The monoisotopic (exact) mass is 422 g/mol. The third-order valence-corrected chi connectivity index (χ3v) is 4.86. The molecule has 0 radical (unpaired) electrons. The normalized spacial score (nSPS) is 13.4. The number of ether oxygens (including phenoxy) is 2. The molecule has 0 aliphatic heterocycles. The van der Waals surface area contributed by atoms with Crippen molar-refractivity contribution in [1.82, 2.24) is 5.32 Å². The fourth-order valence-electron chi connectivity index (χ4n) is 3.69. The molecule has 1 unspecified atom stereocenters. The van der Waals surface area contributed by atoms with Crippen LogP contribution in [0.1, 0.15) is 44.2 Å². The van der Waals surface area contributed by atoms with Crippen LogP contribution in [0.4, 0.5) is 4.79 Å². The van der Waals surface area contributed by atoms with Gasteiger partial charge in [0.1, 0.15) is 12.2 Å². The van der Waals surface area contributed by atoms with Gasteiger partial charge in [0.15, 0.2) is 0 Å². The Balaban J connectivity index is 1.64. The van der Waals surface area contributed by atoms with Gasteiger partial charge in [-0.05, 0) is 48.6 Å². The Bertz CT molecular complexity index is 963. The average molecular weight is 422 g/mol. The van der Waals surface area contributed by atoms with Crippen LogP contribution in [0.15, 0.2) is 53.6 Å². The number of nitrogens with zero attached hydrogens (tertiary/aromatic N) is 3. The summed E-state index contributed by atoms with van der Waals surface area (Å²) < 4.78 is 10.8. The number of carbonyl (C=O) groups is 2. The van der Waals surface area contributed by atoms with Crippen molar-refractivity contribution in [2.45, 2.75) is 44.8 Å². The van der Waals surface area contributed by atoms with E-state index >= 15 is 0 Å². The van der Waals surface area contributed by atoms with Crippen molar-refractivity contribution in [3.8, 4) is 11.1 Å². The van der Waals surface area contributed by atoms with E-state index in [0.29, 0.717) is 0 Å². The molecule has 1 aliphatic carbocycles. The van der Waals surface area contributed by atoms with E-state index in [-0.39, 0.29) is 25.5 Å². The first-order chi connectivity index (χ1) is 14.8. The Morgan fingerprint density at radius 3 is 2.23 bits per heavy atom. The van der Waals surface area contributed by atoms with Gasteiger partial charge in [-0.2, -0.15) is 0 Å².